The lowest BCUT2D eigenvalue weighted by Crippen LogP contribution is -2.30. The molecule has 0 radical (unpaired) electrons. The van der Waals surface area contributed by atoms with Crippen molar-refractivity contribution in [1.29, 1.82) is 0 Å². The molecule has 0 spiro atoms. The summed E-state index contributed by atoms with van der Waals surface area (Å²) in [5.41, 5.74) is 6.64. The number of hydrogen-bond acceptors (Lipinski definition) is 3. The van der Waals surface area contributed by atoms with Gasteiger partial charge in [-0.05, 0) is 97.9 Å². The van der Waals surface area contributed by atoms with Crippen LogP contribution in [0.2, 0.25) is 0 Å². The van der Waals surface area contributed by atoms with Gasteiger partial charge in [-0.1, -0.05) is 12.1 Å². The molecule has 33 heavy (non-hydrogen) atoms. The van der Waals surface area contributed by atoms with Crippen LogP contribution in [0.4, 0.5) is 5.69 Å². The molecule has 0 unspecified atom stereocenters. The van der Waals surface area contributed by atoms with Crippen molar-refractivity contribution in [3.63, 3.8) is 0 Å². The molecule has 4 aromatic rings. The summed E-state index contributed by atoms with van der Waals surface area (Å²) in [6.07, 6.45) is 3.92. The predicted molar refractivity (Wildman–Crippen MR) is 136 cm³/mol. The Balaban J connectivity index is 1.66. The maximum absolute atomic E-state index is 5.89. The normalized spacial score (nSPS) is 17.8. The van der Waals surface area contributed by atoms with Gasteiger partial charge in [0.2, 0.25) is 0 Å². The fourth-order valence-electron chi connectivity index (χ4n) is 4.64. The van der Waals surface area contributed by atoms with Gasteiger partial charge < -0.3 is 19.5 Å². The molecule has 166 valence electrons. The number of nitrogens with zero attached hydrogens (tertiary/aromatic N) is 3. The number of benzene rings is 2. The lowest BCUT2D eigenvalue weighted by Gasteiger charge is -2.29. The van der Waals surface area contributed by atoms with E-state index in [1.54, 1.807) is 7.11 Å². The molecule has 0 bridgehead atoms. The zero-order chi connectivity index (χ0) is 22.9. The summed E-state index contributed by atoms with van der Waals surface area (Å²) < 4.78 is 7.56. The molecule has 1 aliphatic rings. The van der Waals surface area contributed by atoms with Gasteiger partial charge in [0.15, 0.2) is 5.11 Å². The van der Waals surface area contributed by atoms with Crippen molar-refractivity contribution >= 4 is 23.0 Å². The topological polar surface area (TPSA) is 42.3 Å². The average Bonchev–Trinajstić information content (AvgIpc) is 3.43. The summed E-state index contributed by atoms with van der Waals surface area (Å²) in [4.78, 5) is 6.90. The van der Waals surface area contributed by atoms with E-state index < -0.39 is 0 Å². The maximum Gasteiger partial charge on any atom is 0.174 e. The summed E-state index contributed by atoms with van der Waals surface area (Å²) >= 11 is 5.89. The number of aryl methyl sites for hydroxylation is 2. The highest BCUT2D eigenvalue weighted by Gasteiger charge is 2.42. The third kappa shape index (κ3) is 3.98. The van der Waals surface area contributed by atoms with Crippen LogP contribution in [-0.4, -0.2) is 21.8 Å². The van der Waals surface area contributed by atoms with Crippen LogP contribution in [0.15, 0.2) is 85.2 Å². The summed E-state index contributed by atoms with van der Waals surface area (Å²) in [5.74, 6) is 0.833. The van der Waals surface area contributed by atoms with E-state index in [1.807, 2.05) is 30.5 Å². The van der Waals surface area contributed by atoms with Crippen molar-refractivity contribution < 1.29 is 4.74 Å². The molecule has 5 nitrogen and oxygen atoms in total. The molecule has 1 fully saturated rings. The van der Waals surface area contributed by atoms with Crippen LogP contribution in [-0.2, 0) is 0 Å². The first-order valence-corrected chi connectivity index (χ1v) is 11.4. The second-order valence-electron chi connectivity index (χ2n) is 8.34. The van der Waals surface area contributed by atoms with Crippen LogP contribution < -0.4 is 15.0 Å². The van der Waals surface area contributed by atoms with Gasteiger partial charge in [-0.2, -0.15) is 0 Å². The zero-order valence-electron chi connectivity index (χ0n) is 18.9. The Morgan fingerprint density at radius 1 is 0.909 bits per heavy atom. The van der Waals surface area contributed by atoms with E-state index in [1.165, 1.54) is 11.1 Å². The fourth-order valence-corrected chi connectivity index (χ4v) is 4.98. The molecular formula is C27H26N4OS. The molecule has 1 N–H and O–H groups in total. The minimum Gasteiger partial charge on any atom is -0.497 e. The number of thiocarbonyl (C=S) groups is 1. The molecule has 2 aromatic heterocycles. The number of methoxy groups -OCH3 is 1. The Kier molecular flexibility index (Phi) is 5.60. The first-order chi connectivity index (χ1) is 16.0. The van der Waals surface area contributed by atoms with Crippen LogP contribution in [0.1, 0.15) is 34.6 Å². The summed E-state index contributed by atoms with van der Waals surface area (Å²) in [6, 6.07) is 24.7. The highest BCUT2D eigenvalue weighted by Crippen LogP contribution is 2.42. The first-order valence-electron chi connectivity index (χ1n) is 11.0. The van der Waals surface area contributed by atoms with E-state index in [2.05, 4.69) is 88.3 Å². The monoisotopic (exact) mass is 454 g/mol. The average molecular weight is 455 g/mol. The van der Waals surface area contributed by atoms with Crippen LogP contribution in [0.3, 0.4) is 0 Å². The van der Waals surface area contributed by atoms with E-state index in [0.717, 1.165) is 28.5 Å². The molecule has 1 aliphatic heterocycles. The van der Waals surface area contributed by atoms with E-state index in [9.17, 15) is 0 Å². The highest BCUT2D eigenvalue weighted by atomic mass is 32.1. The van der Waals surface area contributed by atoms with Gasteiger partial charge in [0.25, 0.3) is 0 Å². The Labute approximate surface area is 199 Å². The maximum atomic E-state index is 5.89. The van der Waals surface area contributed by atoms with Crippen molar-refractivity contribution in [3.8, 4) is 11.4 Å². The molecule has 0 aliphatic carbocycles. The SMILES string of the molecule is COc1ccc(-n2cccc2[C@@H]2[C@H](c3ccccn3)NC(=S)N2c2cc(C)cc(C)c2)cc1. The molecule has 2 atom stereocenters. The highest BCUT2D eigenvalue weighted by molar-refractivity contribution is 7.80. The van der Waals surface area contributed by atoms with Gasteiger partial charge in [-0.25, -0.2) is 0 Å². The van der Waals surface area contributed by atoms with Crippen molar-refractivity contribution in [2.24, 2.45) is 0 Å². The quantitative estimate of drug-likeness (QED) is 0.393. The molecule has 3 heterocycles. The Morgan fingerprint density at radius 2 is 1.67 bits per heavy atom. The summed E-state index contributed by atoms with van der Waals surface area (Å²) in [6.45, 7) is 4.24. The Bertz CT molecular complexity index is 1260. The van der Waals surface area contributed by atoms with Gasteiger partial charge in [0, 0.05) is 29.5 Å². The second-order valence-corrected chi connectivity index (χ2v) is 8.73. The van der Waals surface area contributed by atoms with Crippen molar-refractivity contribution in [3.05, 3.63) is 108 Å². The third-order valence-electron chi connectivity index (χ3n) is 6.02. The van der Waals surface area contributed by atoms with E-state index in [0.29, 0.717) is 5.11 Å². The first kappa shape index (κ1) is 21.2. The number of pyridine rings is 1. The Morgan fingerprint density at radius 3 is 2.33 bits per heavy atom. The third-order valence-corrected chi connectivity index (χ3v) is 6.33. The molecule has 6 heteroatoms. The molecule has 0 amide bonds. The lowest BCUT2D eigenvalue weighted by molar-refractivity contribution is 0.414. The van der Waals surface area contributed by atoms with Crippen molar-refractivity contribution in [1.82, 2.24) is 14.9 Å². The lowest BCUT2D eigenvalue weighted by atomic mass is 10.00. The van der Waals surface area contributed by atoms with Gasteiger partial charge in [0.05, 0.1) is 18.8 Å². The van der Waals surface area contributed by atoms with Crippen LogP contribution in [0.5, 0.6) is 5.75 Å². The molecule has 1 saturated heterocycles. The molecular weight excluding hydrogens is 428 g/mol. The van der Waals surface area contributed by atoms with Crippen LogP contribution >= 0.6 is 12.2 Å². The van der Waals surface area contributed by atoms with Crippen LogP contribution in [0.25, 0.3) is 5.69 Å². The zero-order valence-corrected chi connectivity index (χ0v) is 19.7. The molecule has 0 saturated carbocycles. The second kappa shape index (κ2) is 8.71. The number of hydrogen-bond donors (Lipinski definition) is 1. The fraction of sp³-hybridized carbons (Fsp3) is 0.185. The molecule has 2 aromatic carbocycles. The number of aromatic nitrogens is 2. The smallest absolute Gasteiger partial charge is 0.174 e. The van der Waals surface area contributed by atoms with E-state index in [-0.39, 0.29) is 12.1 Å². The largest absolute Gasteiger partial charge is 0.497 e. The van der Waals surface area contributed by atoms with Crippen LogP contribution in [0, 0.1) is 13.8 Å². The van der Waals surface area contributed by atoms with Crippen molar-refractivity contribution in [2.75, 3.05) is 12.0 Å². The predicted octanol–water partition coefficient (Wildman–Crippen LogP) is 5.67. The number of rotatable bonds is 5. The summed E-state index contributed by atoms with van der Waals surface area (Å²) in [7, 11) is 1.68. The summed E-state index contributed by atoms with van der Waals surface area (Å²) in [5, 5.41) is 4.25. The van der Waals surface area contributed by atoms with E-state index in [4.69, 9.17) is 17.0 Å². The number of nitrogens with one attached hydrogen (secondary N) is 1. The minimum absolute atomic E-state index is 0.0781. The van der Waals surface area contributed by atoms with Crippen molar-refractivity contribution in [2.45, 2.75) is 25.9 Å². The van der Waals surface area contributed by atoms with E-state index >= 15 is 0 Å². The number of anilines is 1. The minimum atomic E-state index is -0.0913. The van der Waals surface area contributed by atoms with Gasteiger partial charge in [-0.15, -0.1) is 0 Å². The molecule has 5 rings (SSSR count). The number of ether oxygens (including phenoxy) is 1. The van der Waals surface area contributed by atoms with Gasteiger partial charge >= 0.3 is 0 Å². The standard InChI is InChI=1S/C27H26N4OS/c1-18-15-19(2)17-21(16-18)31-26(25(29-27(31)33)23-7-4-5-13-28-23)24-8-6-14-30(24)20-9-11-22(32-3)12-10-20/h4-17,25-26H,1-3H3,(H,29,33)/t25-,26+/m0/s1. The van der Waals surface area contributed by atoms with Gasteiger partial charge in [0.1, 0.15) is 11.8 Å². The van der Waals surface area contributed by atoms with Gasteiger partial charge in [-0.3, -0.25) is 4.98 Å². The Hall–Kier alpha value is -3.64.